The molecule has 80 valence electrons. The van der Waals surface area contributed by atoms with Gasteiger partial charge in [0.1, 0.15) is 11.1 Å². The predicted molar refractivity (Wildman–Crippen MR) is 54.7 cm³/mol. The molecule has 0 fully saturated rings. The summed E-state index contributed by atoms with van der Waals surface area (Å²) in [6.07, 6.45) is 3.07. The number of hydrogen-bond acceptors (Lipinski definition) is 4. The van der Waals surface area contributed by atoms with Crippen molar-refractivity contribution in [3.8, 4) is 0 Å². The van der Waals surface area contributed by atoms with Crippen molar-refractivity contribution in [3.05, 3.63) is 35.9 Å². The monoisotopic (exact) mass is 226 g/mol. The van der Waals surface area contributed by atoms with Crippen LogP contribution in [0.25, 0.3) is 0 Å². The van der Waals surface area contributed by atoms with E-state index in [-0.39, 0.29) is 5.38 Å². The third-order valence-corrected chi connectivity index (χ3v) is 2.17. The lowest BCUT2D eigenvalue weighted by Gasteiger charge is -1.93. The van der Waals surface area contributed by atoms with Crippen molar-refractivity contribution in [2.75, 3.05) is 0 Å². The average molecular weight is 227 g/mol. The normalized spacial score (nSPS) is 12.9. The van der Waals surface area contributed by atoms with Gasteiger partial charge in [0, 0.05) is 12.8 Å². The largest absolute Gasteiger partial charge is 0.469 e. The predicted octanol–water partition coefficient (Wildman–Crippen LogP) is 2.75. The van der Waals surface area contributed by atoms with Crippen molar-refractivity contribution in [3.63, 3.8) is 0 Å². The molecule has 0 aliphatic heterocycles. The van der Waals surface area contributed by atoms with Gasteiger partial charge < -0.3 is 8.83 Å². The zero-order valence-electron chi connectivity index (χ0n) is 8.31. The van der Waals surface area contributed by atoms with E-state index in [4.69, 9.17) is 20.4 Å². The molecule has 0 saturated carbocycles. The number of rotatable bonds is 4. The minimum atomic E-state index is -0.241. The Morgan fingerprint density at radius 3 is 2.87 bits per heavy atom. The lowest BCUT2D eigenvalue weighted by atomic mass is 10.2. The van der Waals surface area contributed by atoms with E-state index in [1.807, 2.05) is 12.1 Å². The van der Waals surface area contributed by atoms with Crippen LogP contribution in [0.2, 0.25) is 0 Å². The van der Waals surface area contributed by atoms with E-state index < -0.39 is 0 Å². The van der Waals surface area contributed by atoms with E-state index in [0.29, 0.717) is 18.2 Å². The summed E-state index contributed by atoms with van der Waals surface area (Å²) in [7, 11) is 0. The lowest BCUT2D eigenvalue weighted by molar-refractivity contribution is 0.437. The Kier molecular flexibility index (Phi) is 3.06. The van der Waals surface area contributed by atoms with Crippen molar-refractivity contribution in [2.24, 2.45) is 0 Å². The Bertz CT molecular complexity index is 409. The van der Waals surface area contributed by atoms with Crippen LogP contribution in [0.3, 0.4) is 0 Å². The van der Waals surface area contributed by atoms with Gasteiger partial charge in [0.2, 0.25) is 11.8 Å². The number of hydrogen-bond donors (Lipinski definition) is 0. The smallest absolute Gasteiger partial charge is 0.234 e. The number of halogens is 1. The van der Waals surface area contributed by atoms with E-state index in [1.165, 1.54) is 0 Å². The molecular formula is C10H11ClN2O2. The Morgan fingerprint density at radius 2 is 2.27 bits per heavy atom. The summed E-state index contributed by atoms with van der Waals surface area (Å²) < 4.78 is 10.5. The van der Waals surface area contributed by atoms with Gasteiger partial charge in [-0.3, -0.25) is 0 Å². The fourth-order valence-corrected chi connectivity index (χ4v) is 1.30. The highest BCUT2D eigenvalue weighted by atomic mass is 35.5. The molecule has 0 aliphatic rings. The van der Waals surface area contributed by atoms with Crippen LogP contribution in [-0.4, -0.2) is 10.2 Å². The molecule has 0 aliphatic carbocycles. The van der Waals surface area contributed by atoms with Gasteiger partial charge >= 0.3 is 0 Å². The van der Waals surface area contributed by atoms with Crippen LogP contribution in [0, 0.1) is 0 Å². The summed E-state index contributed by atoms with van der Waals surface area (Å²) >= 11 is 5.80. The van der Waals surface area contributed by atoms with Gasteiger partial charge in [-0.25, -0.2) is 0 Å². The summed E-state index contributed by atoms with van der Waals surface area (Å²) in [4.78, 5) is 0. The Balaban J connectivity index is 1.94. The first kappa shape index (κ1) is 10.2. The summed E-state index contributed by atoms with van der Waals surface area (Å²) in [6, 6.07) is 3.77. The van der Waals surface area contributed by atoms with E-state index in [1.54, 1.807) is 13.2 Å². The molecule has 0 amide bonds. The molecule has 5 heteroatoms. The molecule has 1 atom stereocenters. The van der Waals surface area contributed by atoms with Gasteiger partial charge in [0.25, 0.3) is 0 Å². The zero-order chi connectivity index (χ0) is 10.7. The van der Waals surface area contributed by atoms with Crippen molar-refractivity contribution in [1.82, 2.24) is 10.2 Å². The molecule has 2 heterocycles. The fourth-order valence-electron chi connectivity index (χ4n) is 1.21. The molecular weight excluding hydrogens is 216 g/mol. The number of nitrogens with zero attached hydrogens (tertiary/aromatic N) is 2. The first-order chi connectivity index (χ1) is 7.25. The Morgan fingerprint density at radius 1 is 1.40 bits per heavy atom. The molecule has 1 unspecified atom stereocenters. The van der Waals surface area contributed by atoms with Crippen LogP contribution in [0.15, 0.2) is 27.2 Å². The van der Waals surface area contributed by atoms with Crippen LogP contribution in [0.1, 0.15) is 29.8 Å². The van der Waals surface area contributed by atoms with Crippen LogP contribution in [0.4, 0.5) is 0 Å². The highest BCUT2D eigenvalue weighted by molar-refractivity contribution is 6.20. The maximum absolute atomic E-state index is 5.80. The van der Waals surface area contributed by atoms with Gasteiger partial charge in [-0.2, -0.15) is 0 Å². The minimum Gasteiger partial charge on any atom is -0.469 e. The van der Waals surface area contributed by atoms with Crippen LogP contribution < -0.4 is 0 Å². The summed E-state index contributed by atoms with van der Waals surface area (Å²) in [5.41, 5.74) is 0. The second-order valence-electron chi connectivity index (χ2n) is 3.23. The number of alkyl halides is 1. The zero-order valence-corrected chi connectivity index (χ0v) is 9.07. The summed E-state index contributed by atoms with van der Waals surface area (Å²) in [5.74, 6) is 1.97. The number of furan rings is 1. The third kappa shape index (κ3) is 2.59. The second kappa shape index (κ2) is 4.49. The van der Waals surface area contributed by atoms with Gasteiger partial charge in [0.15, 0.2) is 0 Å². The second-order valence-corrected chi connectivity index (χ2v) is 3.88. The first-order valence-electron chi connectivity index (χ1n) is 4.74. The number of aryl methyl sites for hydroxylation is 2. The Hall–Kier alpha value is -1.29. The molecule has 2 rings (SSSR count). The van der Waals surface area contributed by atoms with E-state index >= 15 is 0 Å². The summed E-state index contributed by atoms with van der Waals surface area (Å²) in [5, 5.41) is 7.49. The van der Waals surface area contributed by atoms with Crippen molar-refractivity contribution in [2.45, 2.75) is 25.1 Å². The maximum atomic E-state index is 5.80. The minimum absolute atomic E-state index is 0.241. The SMILES string of the molecule is CC(Cl)c1nnc(CCc2ccco2)o1. The van der Waals surface area contributed by atoms with Crippen LogP contribution in [-0.2, 0) is 12.8 Å². The molecule has 4 nitrogen and oxygen atoms in total. The molecule has 0 bridgehead atoms. The molecule has 0 radical (unpaired) electrons. The molecule has 2 aromatic heterocycles. The van der Waals surface area contributed by atoms with Crippen LogP contribution in [0.5, 0.6) is 0 Å². The highest BCUT2D eigenvalue weighted by Gasteiger charge is 2.11. The molecule has 15 heavy (non-hydrogen) atoms. The first-order valence-corrected chi connectivity index (χ1v) is 5.18. The van der Waals surface area contributed by atoms with E-state index in [9.17, 15) is 0 Å². The molecule has 0 N–H and O–H groups in total. The Labute approximate surface area is 92.2 Å². The van der Waals surface area contributed by atoms with Gasteiger partial charge in [0.05, 0.1) is 6.26 Å². The molecule has 2 aromatic rings. The molecule has 0 saturated heterocycles. The summed E-state index contributed by atoms with van der Waals surface area (Å²) in [6.45, 7) is 1.80. The highest BCUT2D eigenvalue weighted by Crippen LogP contribution is 2.17. The quantitative estimate of drug-likeness (QED) is 0.753. The van der Waals surface area contributed by atoms with Gasteiger partial charge in [-0.05, 0) is 19.1 Å². The molecule has 0 aromatic carbocycles. The standard InChI is InChI=1S/C10H11ClN2O2/c1-7(11)10-13-12-9(15-10)5-4-8-3-2-6-14-8/h2-3,6-7H,4-5H2,1H3. The van der Waals surface area contributed by atoms with E-state index in [0.717, 1.165) is 12.2 Å². The third-order valence-electron chi connectivity index (χ3n) is 1.99. The van der Waals surface area contributed by atoms with Crippen molar-refractivity contribution >= 4 is 11.6 Å². The molecule has 0 spiro atoms. The van der Waals surface area contributed by atoms with Gasteiger partial charge in [-0.15, -0.1) is 21.8 Å². The van der Waals surface area contributed by atoms with Gasteiger partial charge in [-0.1, -0.05) is 0 Å². The van der Waals surface area contributed by atoms with Crippen molar-refractivity contribution in [1.29, 1.82) is 0 Å². The topological polar surface area (TPSA) is 52.1 Å². The van der Waals surface area contributed by atoms with Crippen molar-refractivity contribution < 1.29 is 8.83 Å². The van der Waals surface area contributed by atoms with E-state index in [2.05, 4.69) is 10.2 Å². The van der Waals surface area contributed by atoms with Crippen LogP contribution >= 0.6 is 11.6 Å². The lowest BCUT2D eigenvalue weighted by Crippen LogP contribution is -1.89. The number of aromatic nitrogens is 2. The maximum Gasteiger partial charge on any atom is 0.234 e. The fraction of sp³-hybridized carbons (Fsp3) is 0.400. The average Bonchev–Trinajstić information content (AvgIpc) is 2.86.